The van der Waals surface area contributed by atoms with Gasteiger partial charge in [0.1, 0.15) is 0 Å². The van der Waals surface area contributed by atoms with Crippen LogP contribution in [-0.4, -0.2) is 6.21 Å². The van der Waals surface area contributed by atoms with Crippen molar-refractivity contribution in [2.75, 3.05) is 0 Å². The molecule has 2 nitrogen and oxygen atoms in total. The Morgan fingerprint density at radius 1 is 1.27 bits per heavy atom. The Kier molecular flexibility index (Phi) is 2.76. The quantitative estimate of drug-likeness (QED) is 0.251. The Morgan fingerprint density at radius 3 is 2.64 bits per heavy atom. The highest BCUT2D eigenvalue weighted by molar-refractivity contribution is 5.78. The molecule has 2 heteroatoms. The zero-order valence-electron chi connectivity index (χ0n) is 5.99. The van der Waals surface area contributed by atoms with Gasteiger partial charge in [-0.1, -0.05) is 24.1 Å². The third kappa shape index (κ3) is 2.55. The topological polar surface area (TPSA) is 38.4 Å². The van der Waals surface area contributed by atoms with Crippen molar-refractivity contribution in [3.8, 4) is 11.8 Å². The summed E-state index contributed by atoms with van der Waals surface area (Å²) in [5.74, 6) is 10.4. The molecule has 0 aliphatic heterocycles. The molecule has 0 aliphatic rings. The lowest BCUT2D eigenvalue weighted by molar-refractivity contribution is 1.27. The minimum atomic E-state index is 0.965. The van der Waals surface area contributed by atoms with Crippen LogP contribution in [0.4, 0.5) is 0 Å². The fourth-order valence-electron chi connectivity index (χ4n) is 0.674. The van der Waals surface area contributed by atoms with Gasteiger partial charge in [0.15, 0.2) is 0 Å². The minimum Gasteiger partial charge on any atom is -0.323 e. The molecule has 0 fully saturated rings. The zero-order chi connectivity index (χ0) is 7.94. The average Bonchev–Trinajstić information content (AvgIpc) is 2.07. The Labute approximate surface area is 65.7 Å². The van der Waals surface area contributed by atoms with Crippen LogP contribution < -0.4 is 5.84 Å². The van der Waals surface area contributed by atoms with Gasteiger partial charge in [-0.3, -0.25) is 0 Å². The number of rotatable bonds is 0. The van der Waals surface area contributed by atoms with Gasteiger partial charge in [-0.25, -0.2) is 0 Å². The van der Waals surface area contributed by atoms with Crippen molar-refractivity contribution in [1.29, 1.82) is 0 Å². The maximum Gasteiger partial charge on any atom is 0.0967 e. The SMILES string of the molecule is NN=CC#Cc1ccccc1. The zero-order valence-corrected chi connectivity index (χ0v) is 5.99. The van der Waals surface area contributed by atoms with Crippen LogP contribution in [0.2, 0.25) is 0 Å². The van der Waals surface area contributed by atoms with Gasteiger partial charge in [-0.15, -0.1) is 0 Å². The van der Waals surface area contributed by atoms with Crippen LogP contribution in [0.5, 0.6) is 0 Å². The van der Waals surface area contributed by atoms with E-state index in [1.165, 1.54) is 6.21 Å². The maximum atomic E-state index is 4.86. The van der Waals surface area contributed by atoms with Gasteiger partial charge in [-0.05, 0) is 18.1 Å². The van der Waals surface area contributed by atoms with Gasteiger partial charge in [-0.2, -0.15) is 5.10 Å². The van der Waals surface area contributed by atoms with Gasteiger partial charge < -0.3 is 5.84 Å². The monoisotopic (exact) mass is 144 g/mol. The highest BCUT2D eigenvalue weighted by Crippen LogP contribution is 1.93. The molecule has 54 valence electrons. The van der Waals surface area contributed by atoms with Crippen molar-refractivity contribution in [2.45, 2.75) is 0 Å². The van der Waals surface area contributed by atoms with Gasteiger partial charge in [0.2, 0.25) is 0 Å². The van der Waals surface area contributed by atoms with E-state index in [1.807, 2.05) is 30.3 Å². The van der Waals surface area contributed by atoms with Crippen LogP contribution in [0, 0.1) is 11.8 Å². The molecular weight excluding hydrogens is 136 g/mol. The summed E-state index contributed by atoms with van der Waals surface area (Å²) in [5.41, 5.74) is 0.965. The lowest BCUT2D eigenvalue weighted by Crippen LogP contribution is -1.78. The number of benzene rings is 1. The van der Waals surface area contributed by atoms with E-state index in [-0.39, 0.29) is 0 Å². The fourth-order valence-corrected chi connectivity index (χ4v) is 0.674. The van der Waals surface area contributed by atoms with E-state index in [9.17, 15) is 0 Å². The van der Waals surface area contributed by atoms with E-state index >= 15 is 0 Å². The molecular formula is C9H8N2. The number of hydrogen-bond acceptors (Lipinski definition) is 2. The first-order chi connectivity index (χ1) is 5.43. The average molecular weight is 144 g/mol. The third-order valence-electron chi connectivity index (χ3n) is 1.13. The first-order valence-corrected chi connectivity index (χ1v) is 3.22. The normalized spacial score (nSPS) is 9.09. The number of nitrogens with zero attached hydrogens (tertiary/aromatic N) is 1. The number of hydrazone groups is 1. The fraction of sp³-hybridized carbons (Fsp3) is 0. The second-order valence-electron chi connectivity index (χ2n) is 1.91. The van der Waals surface area contributed by atoms with E-state index in [1.54, 1.807) is 0 Å². The third-order valence-corrected chi connectivity index (χ3v) is 1.13. The van der Waals surface area contributed by atoms with Crippen molar-refractivity contribution in [2.24, 2.45) is 10.9 Å². The van der Waals surface area contributed by atoms with E-state index < -0.39 is 0 Å². The smallest absolute Gasteiger partial charge is 0.0967 e. The molecule has 0 atom stereocenters. The van der Waals surface area contributed by atoms with E-state index in [4.69, 9.17) is 5.84 Å². The molecule has 0 bridgehead atoms. The predicted octanol–water partition coefficient (Wildman–Crippen LogP) is 0.983. The highest BCUT2D eigenvalue weighted by Gasteiger charge is 1.78. The van der Waals surface area contributed by atoms with Crippen molar-refractivity contribution in [1.82, 2.24) is 0 Å². The summed E-state index contributed by atoms with van der Waals surface area (Å²) in [5, 5.41) is 3.25. The summed E-state index contributed by atoms with van der Waals surface area (Å²) in [6.07, 6.45) is 1.37. The molecule has 1 aromatic rings. The lowest BCUT2D eigenvalue weighted by Gasteiger charge is -1.83. The molecule has 0 unspecified atom stereocenters. The van der Waals surface area contributed by atoms with Gasteiger partial charge in [0.25, 0.3) is 0 Å². The first kappa shape index (κ1) is 7.36. The van der Waals surface area contributed by atoms with E-state index in [0.29, 0.717) is 0 Å². The molecule has 0 radical (unpaired) electrons. The summed E-state index contributed by atoms with van der Waals surface area (Å²) in [6.45, 7) is 0. The molecule has 11 heavy (non-hydrogen) atoms. The summed E-state index contributed by atoms with van der Waals surface area (Å²) in [7, 11) is 0. The molecule has 2 N–H and O–H groups in total. The van der Waals surface area contributed by atoms with E-state index in [0.717, 1.165) is 5.56 Å². The second kappa shape index (κ2) is 4.13. The Balaban J connectivity index is 2.74. The summed E-state index contributed by atoms with van der Waals surface area (Å²) >= 11 is 0. The highest BCUT2D eigenvalue weighted by atomic mass is 15.1. The number of nitrogens with two attached hydrogens (primary N) is 1. The molecule has 0 aliphatic carbocycles. The van der Waals surface area contributed by atoms with Crippen LogP contribution in [0.1, 0.15) is 5.56 Å². The Hall–Kier alpha value is -1.75. The maximum absolute atomic E-state index is 4.86. The summed E-state index contributed by atoms with van der Waals surface area (Å²) < 4.78 is 0. The van der Waals surface area contributed by atoms with Crippen LogP contribution in [0.3, 0.4) is 0 Å². The molecule has 0 saturated carbocycles. The largest absolute Gasteiger partial charge is 0.323 e. The lowest BCUT2D eigenvalue weighted by atomic mass is 10.2. The van der Waals surface area contributed by atoms with Crippen LogP contribution in [-0.2, 0) is 0 Å². The van der Waals surface area contributed by atoms with Crippen LogP contribution in [0.25, 0.3) is 0 Å². The second-order valence-corrected chi connectivity index (χ2v) is 1.91. The molecule has 1 rings (SSSR count). The van der Waals surface area contributed by atoms with Crippen molar-refractivity contribution >= 4 is 6.21 Å². The molecule has 0 aromatic heterocycles. The molecule has 0 saturated heterocycles. The van der Waals surface area contributed by atoms with E-state index in [2.05, 4.69) is 16.9 Å². The number of hydrogen-bond donors (Lipinski definition) is 1. The molecule has 0 heterocycles. The summed E-state index contributed by atoms with van der Waals surface area (Å²) in [6, 6.07) is 9.67. The van der Waals surface area contributed by atoms with Gasteiger partial charge in [0.05, 0.1) is 6.21 Å². The first-order valence-electron chi connectivity index (χ1n) is 3.22. The van der Waals surface area contributed by atoms with Crippen molar-refractivity contribution in [3.05, 3.63) is 35.9 Å². The van der Waals surface area contributed by atoms with Crippen molar-refractivity contribution < 1.29 is 0 Å². The standard InChI is InChI=1S/C9H8N2/c10-11-8-4-7-9-5-2-1-3-6-9/h1-3,5-6,8H,10H2. The van der Waals surface area contributed by atoms with Gasteiger partial charge >= 0.3 is 0 Å². The van der Waals surface area contributed by atoms with Gasteiger partial charge in [0, 0.05) is 5.56 Å². The minimum absolute atomic E-state index is 0.965. The van der Waals surface area contributed by atoms with Crippen molar-refractivity contribution in [3.63, 3.8) is 0 Å². The predicted molar refractivity (Wildman–Crippen MR) is 46.0 cm³/mol. The Morgan fingerprint density at radius 2 is 2.00 bits per heavy atom. The Bertz CT molecular complexity index is 290. The molecule has 1 aromatic carbocycles. The molecule has 0 spiro atoms. The summed E-state index contributed by atoms with van der Waals surface area (Å²) in [4.78, 5) is 0. The molecule has 0 amide bonds. The van der Waals surface area contributed by atoms with Crippen LogP contribution in [0.15, 0.2) is 35.4 Å². The van der Waals surface area contributed by atoms with Crippen LogP contribution >= 0.6 is 0 Å².